The first-order valence-corrected chi connectivity index (χ1v) is 11.6. The van der Waals surface area contributed by atoms with Crippen LogP contribution in [0.1, 0.15) is 70.3 Å². The van der Waals surface area contributed by atoms with Crippen LogP contribution in [0.5, 0.6) is 0 Å². The average Bonchev–Trinajstić information content (AvgIpc) is 3.33. The Bertz CT molecular complexity index is 894. The van der Waals surface area contributed by atoms with Gasteiger partial charge in [-0.25, -0.2) is 4.39 Å². The molecule has 0 saturated carbocycles. The van der Waals surface area contributed by atoms with E-state index in [0.717, 1.165) is 56.6 Å². The van der Waals surface area contributed by atoms with Gasteiger partial charge in [-0.1, -0.05) is 6.07 Å². The third kappa shape index (κ3) is 4.68. The highest BCUT2D eigenvalue weighted by molar-refractivity contribution is 5.22. The van der Waals surface area contributed by atoms with Gasteiger partial charge in [0, 0.05) is 35.1 Å². The van der Waals surface area contributed by atoms with Crippen LogP contribution in [0.4, 0.5) is 4.39 Å². The highest BCUT2D eigenvalue weighted by atomic mass is 19.1. The van der Waals surface area contributed by atoms with E-state index >= 15 is 0 Å². The normalized spacial score (nSPS) is 26.5. The molecule has 5 heteroatoms. The van der Waals surface area contributed by atoms with Gasteiger partial charge in [0.25, 0.3) is 0 Å². The molecule has 0 bridgehead atoms. The summed E-state index contributed by atoms with van der Waals surface area (Å²) in [5.74, 6) is -0.278. The second-order valence-electron chi connectivity index (χ2n) is 10.7. The van der Waals surface area contributed by atoms with Crippen molar-refractivity contribution in [3.63, 3.8) is 0 Å². The Hall–Kier alpha value is -1.85. The van der Waals surface area contributed by atoms with Gasteiger partial charge in [0.1, 0.15) is 5.82 Å². The van der Waals surface area contributed by atoms with E-state index < -0.39 is 0 Å². The molecule has 2 fully saturated rings. The fraction of sp³-hybridized carbons (Fsp3) is 0.615. The summed E-state index contributed by atoms with van der Waals surface area (Å²) in [6.07, 6.45) is 8.76. The van der Waals surface area contributed by atoms with Crippen molar-refractivity contribution < 1.29 is 9.13 Å². The van der Waals surface area contributed by atoms with Crippen molar-refractivity contribution in [1.82, 2.24) is 14.9 Å². The largest absolute Gasteiger partial charge is 0.372 e. The summed E-state index contributed by atoms with van der Waals surface area (Å²) < 4.78 is 19.9. The van der Waals surface area contributed by atoms with Crippen LogP contribution in [0.15, 0.2) is 36.7 Å². The molecule has 2 aliphatic heterocycles. The van der Waals surface area contributed by atoms with Crippen molar-refractivity contribution in [3.05, 3.63) is 59.4 Å². The zero-order valence-electron chi connectivity index (χ0n) is 19.6. The van der Waals surface area contributed by atoms with Crippen LogP contribution in [-0.4, -0.2) is 39.7 Å². The van der Waals surface area contributed by atoms with E-state index in [9.17, 15) is 4.39 Å². The Morgan fingerprint density at radius 3 is 2.55 bits per heavy atom. The Labute approximate surface area is 186 Å². The van der Waals surface area contributed by atoms with E-state index in [4.69, 9.17) is 4.74 Å². The fourth-order valence-electron chi connectivity index (χ4n) is 5.36. The fourth-order valence-corrected chi connectivity index (χ4v) is 5.36. The lowest BCUT2D eigenvalue weighted by Crippen LogP contribution is -2.45. The maximum atomic E-state index is 13.3. The molecule has 0 radical (unpaired) electrons. The van der Waals surface area contributed by atoms with Gasteiger partial charge in [0.15, 0.2) is 0 Å². The number of halogens is 1. The number of hydrogen-bond acceptors (Lipinski definition) is 4. The van der Waals surface area contributed by atoms with Gasteiger partial charge >= 0.3 is 0 Å². The molecule has 4 rings (SSSR count). The first kappa shape index (κ1) is 22.3. The van der Waals surface area contributed by atoms with E-state index in [1.165, 1.54) is 17.8 Å². The van der Waals surface area contributed by atoms with E-state index in [-0.39, 0.29) is 28.5 Å². The molecule has 0 N–H and O–H groups in total. The molecular weight excluding hydrogens is 389 g/mol. The lowest BCUT2D eigenvalue weighted by Gasteiger charge is -2.40. The highest BCUT2D eigenvalue weighted by Crippen LogP contribution is 2.49. The number of aryl methyl sites for hydroxylation is 2. The molecule has 0 unspecified atom stereocenters. The van der Waals surface area contributed by atoms with Gasteiger partial charge in [-0.2, -0.15) is 0 Å². The molecule has 2 aromatic rings. The third-order valence-electron chi connectivity index (χ3n) is 7.61. The smallest absolute Gasteiger partial charge is 0.141 e. The first-order chi connectivity index (χ1) is 14.6. The van der Waals surface area contributed by atoms with E-state index in [0.29, 0.717) is 0 Å². The molecule has 0 amide bonds. The molecule has 31 heavy (non-hydrogen) atoms. The van der Waals surface area contributed by atoms with Crippen LogP contribution < -0.4 is 0 Å². The number of aromatic nitrogens is 2. The summed E-state index contributed by atoms with van der Waals surface area (Å²) >= 11 is 0. The molecule has 0 spiro atoms. The zero-order valence-corrected chi connectivity index (χ0v) is 19.6. The number of rotatable bonds is 6. The van der Waals surface area contributed by atoms with Crippen molar-refractivity contribution >= 4 is 0 Å². The van der Waals surface area contributed by atoms with Gasteiger partial charge < -0.3 is 4.74 Å². The molecule has 168 valence electrons. The van der Waals surface area contributed by atoms with Gasteiger partial charge in [0.2, 0.25) is 0 Å². The Morgan fingerprint density at radius 2 is 1.94 bits per heavy atom. The molecule has 4 nitrogen and oxygen atoms in total. The van der Waals surface area contributed by atoms with E-state index in [1.54, 1.807) is 0 Å². The standard InChI is InChI=1S/C26H36FN3O/c1-19-6-7-20(16-28-19)25(4,5)30-15-14-26(18-30,23-11-12-24(2,3)31-23)13-10-22-9-8-21(27)17-29-22/h6-9,16-17,23H,10-15,18H2,1-5H3/t23-,26+/m1/s1. The Balaban J connectivity index is 1.56. The van der Waals surface area contributed by atoms with Crippen LogP contribution in [-0.2, 0) is 16.7 Å². The van der Waals surface area contributed by atoms with E-state index in [1.807, 2.05) is 19.2 Å². The summed E-state index contributed by atoms with van der Waals surface area (Å²) in [7, 11) is 0. The van der Waals surface area contributed by atoms with Crippen LogP contribution >= 0.6 is 0 Å². The Morgan fingerprint density at radius 1 is 1.13 bits per heavy atom. The quantitative estimate of drug-likeness (QED) is 0.618. The monoisotopic (exact) mass is 425 g/mol. The second kappa shape index (κ2) is 8.25. The van der Waals surface area contributed by atoms with Crippen molar-refractivity contribution in [3.8, 4) is 0 Å². The molecule has 2 saturated heterocycles. The number of hydrogen-bond donors (Lipinski definition) is 0. The third-order valence-corrected chi connectivity index (χ3v) is 7.61. The summed E-state index contributed by atoms with van der Waals surface area (Å²) in [6, 6.07) is 7.64. The number of likely N-dealkylation sites (tertiary alicyclic amines) is 1. The van der Waals surface area contributed by atoms with Crippen LogP contribution in [0.25, 0.3) is 0 Å². The van der Waals surface area contributed by atoms with Crippen molar-refractivity contribution in [2.45, 2.75) is 84.0 Å². The summed E-state index contributed by atoms with van der Waals surface area (Å²) in [5.41, 5.74) is 3.18. The number of pyridine rings is 2. The molecule has 2 atom stereocenters. The van der Waals surface area contributed by atoms with Crippen molar-refractivity contribution in [2.75, 3.05) is 13.1 Å². The topological polar surface area (TPSA) is 38.2 Å². The van der Waals surface area contributed by atoms with Crippen molar-refractivity contribution in [2.24, 2.45) is 5.41 Å². The average molecular weight is 426 g/mol. The lowest BCUT2D eigenvalue weighted by molar-refractivity contribution is -0.0789. The van der Waals surface area contributed by atoms with Gasteiger partial charge in [-0.3, -0.25) is 14.9 Å². The Kier molecular flexibility index (Phi) is 5.95. The van der Waals surface area contributed by atoms with Crippen molar-refractivity contribution in [1.29, 1.82) is 0 Å². The molecule has 2 aromatic heterocycles. The zero-order chi connectivity index (χ0) is 22.3. The molecule has 0 aliphatic carbocycles. The number of ether oxygens (including phenoxy) is 1. The van der Waals surface area contributed by atoms with Gasteiger partial charge in [-0.15, -0.1) is 0 Å². The first-order valence-electron chi connectivity index (χ1n) is 11.6. The highest BCUT2D eigenvalue weighted by Gasteiger charge is 2.51. The maximum Gasteiger partial charge on any atom is 0.141 e. The maximum absolute atomic E-state index is 13.3. The summed E-state index contributed by atoms with van der Waals surface area (Å²) in [5, 5.41) is 0. The van der Waals surface area contributed by atoms with Crippen LogP contribution in [0.3, 0.4) is 0 Å². The minimum atomic E-state index is -0.278. The molecule has 2 aliphatic rings. The number of nitrogens with zero attached hydrogens (tertiary/aromatic N) is 3. The summed E-state index contributed by atoms with van der Waals surface area (Å²) in [6.45, 7) is 13.1. The predicted molar refractivity (Wildman–Crippen MR) is 121 cm³/mol. The minimum absolute atomic E-state index is 0.0599. The molecular formula is C26H36FN3O. The van der Waals surface area contributed by atoms with Gasteiger partial charge in [-0.05, 0) is 97.0 Å². The predicted octanol–water partition coefficient (Wildman–Crippen LogP) is 5.44. The SMILES string of the molecule is Cc1ccc(C(C)(C)N2CC[C@](CCc3ccc(F)cn3)([C@H]3CCC(C)(C)O3)C2)cn1. The van der Waals surface area contributed by atoms with Crippen LogP contribution in [0.2, 0.25) is 0 Å². The minimum Gasteiger partial charge on any atom is -0.372 e. The summed E-state index contributed by atoms with van der Waals surface area (Å²) in [4.78, 5) is 11.5. The second-order valence-corrected chi connectivity index (χ2v) is 10.7. The van der Waals surface area contributed by atoms with E-state index in [2.05, 4.69) is 54.7 Å². The lowest BCUT2D eigenvalue weighted by atomic mass is 9.75. The molecule has 4 heterocycles. The van der Waals surface area contributed by atoms with Gasteiger partial charge in [0.05, 0.1) is 17.9 Å². The molecule has 0 aromatic carbocycles. The van der Waals surface area contributed by atoms with Crippen LogP contribution in [0, 0.1) is 18.2 Å².